The molecule has 0 spiro atoms. The molecule has 0 unspecified atom stereocenters. The second kappa shape index (κ2) is 5.05. The molecule has 0 saturated heterocycles. The van der Waals surface area contributed by atoms with E-state index >= 15 is 0 Å². The average molecular weight is 239 g/mol. The monoisotopic (exact) mass is 239 g/mol. The molecular formula is C16H15O2. The van der Waals surface area contributed by atoms with Gasteiger partial charge in [-0.1, -0.05) is 54.6 Å². The molecule has 2 aromatic carbocycles. The lowest BCUT2D eigenvalue weighted by atomic mass is 9.95. The maximum atomic E-state index is 10.3. The van der Waals surface area contributed by atoms with Gasteiger partial charge in [-0.15, -0.1) is 0 Å². The second-order valence-corrected chi connectivity index (χ2v) is 4.64. The lowest BCUT2D eigenvalue weighted by molar-refractivity contribution is 0.0879. The Balaban J connectivity index is 2.28. The molecule has 0 amide bonds. The van der Waals surface area contributed by atoms with Crippen molar-refractivity contribution in [3.8, 4) is 11.1 Å². The lowest BCUT2D eigenvalue weighted by Gasteiger charge is -2.22. The minimum absolute atomic E-state index is 0.642. The fourth-order valence-corrected chi connectivity index (χ4v) is 1.86. The van der Waals surface area contributed by atoms with Crippen molar-refractivity contribution in [1.29, 1.82) is 0 Å². The normalized spacial score (nSPS) is 11.0. The van der Waals surface area contributed by atoms with Crippen molar-refractivity contribution in [2.24, 2.45) is 0 Å². The SMILES string of the molecule is CC(C)(O[C]=O)c1ccc(-c2ccccc2)cc1. The summed E-state index contributed by atoms with van der Waals surface area (Å²) in [6.07, 6.45) is 0. The van der Waals surface area contributed by atoms with Crippen molar-refractivity contribution in [2.75, 3.05) is 0 Å². The largest absolute Gasteiger partial charge is 0.446 e. The minimum atomic E-state index is -0.642. The van der Waals surface area contributed by atoms with Crippen LogP contribution < -0.4 is 0 Å². The minimum Gasteiger partial charge on any atom is -0.446 e. The van der Waals surface area contributed by atoms with E-state index in [0.29, 0.717) is 0 Å². The molecule has 2 nitrogen and oxygen atoms in total. The Bertz CT molecular complexity index is 513. The molecule has 0 saturated carbocycles. The Labute approximate surface area is 107 Å². The molecule has 1 radical (unpaired) electrons. The summed E-state index contributed by atoms with van der Waals surface area (Å²) in [6, 6.07) is 18.1. The molecule has 0 aliphatic carbocycles. The van der Waals surface area contributed by atoms with Gasteiger partial charge in [-0.05, 0) is 30.5 Å². The van der Waals surface area contributed by atoms with E-state index in [0.717, 1.165) is 11.1 Å². The van der Waals surface area contributed by atoms with Gasteiger partial charge in [0.2, 0.25) is 0 Å². The first kappa shape index (κ1) is 12.4. The first-order valence-electron chi connectivity index (χ1n) is 5.84. The third kappa shape index (κ3) is 2.59. The first-order chi connectivity index (χ1) is 8.63. The zero-order valence-electron chi connectivity index (χ0n) is 10.5. The van der Waals surface area contributed by atoms with E-state index in [1.807, 2.05) is 56.3 Å². The number of hydrogen-bond donors (Lipinski definition) is 0. The predicted octanol–water partition coefficient (Wildman–Crippen LogP) is 3.67. The molecule has 18 heavy (non-hydrogen) atoms. The van der Waals surface area contributed by atoms with E-state index in [-0.39, 0.29) is 0 Å². The van der Waals surface area contributed by atoms with Gasteiger partial charge >= 0.3 is 6.47 Å². The number of benzene rings is 2. The van der Waals surface area contributed by atoms with Gasteiger partial charge < -0.3 is 4.74 Å². The van der Waals surface area contributed by atoms with E-state index in [4.69, 9.17) is 4.74 Å². The fraction of sp³-hybridized carbons (Fsp3) is 0.188. The highest BCUT2D eigenvalue weighted by molar-refractivity contribution is 5.63. The molecule has 0 aromatic heterocycles. The maximum absolute atomic E-state index is 10.3. The molecule has 2 rings (SSSR count). The third-order valence-corrected chi connectivity index (χ3v) is 2.98. The number of carbonyl (C=O) groups excluding carboxylic acids is 1. The van der Waals surface area contributed by atoms with Crippen molar-refractivity contribution in [3.05, 3.63) is 60.2 Å². The lowest BCUT2D eigenvalue weighted by Crippen LogP contribution is -2.20. The topological polar surface area (TPSA) is 26.3 Å². The van der Waals surface area contributed by atoms with E-state index in [9.17, 15) is 4.79 Å². The number of rotatable bonds is 4. The summed E-state index contributed by atoms with van der Waals surface area (Å²) in [5.41, 5.74) is 2.62. The van der Waals surface area contributed by atoms with Crippen molar-refractivity contribution in [3.63, 3.8) is 0 Å². The van der Waals surface area contributed by atoms with Crippen LogP contribution in [0, 0.1) is 0 Å². The van der Waals surface area contributed by atoms with Crippen LogP contribution in [0.5, 0.6) is 0 Å². The fourth-order valence-electron chi connectivity index (χ4n) is 1.86. The van der Waals surface area contributed by atoms with Crippen molar-refractivity contribution < 1.29 is 9.53 Å². The Kier molecular flexibility index (Phi) is 3.47. The van der Waals surface area contributed by atoms with Gasteiger partial charge in [0.1, 0.15) is 5.60 Å². The van der Waals surface area contributed by atoms with Crippen LogP contribution in [-0.2, 0) is 15.1 Å². The van der Waals surface area contributed by atoms with E-state index in [1.165, 1.54) is 12.0 Å². The Morgan fingerprint density at radius 2 is 1.44 bits per heavy atom. The van der Waals surface area contributed by atoms with Gasteiger partial charge in [-0.3, -0.25) is 0 Å². The molecule has 0 atom stereocenters. The smallest absolute Gasteiger partial charge is 0.418 e. The van der Waals surface area contributed by atoms with Crippen LogP contribution in [0.4, 0.5) is 0 Å². The van der Waals surface area contributed by atoms with Gasteiger partial charge in [-0.2, -0.15) is 0 Å². The van der Waals surface area contributed by atoms with Crippen molar-refractivity contribution in [1.82, 2.24) is 0 Å². The van der Waals surface area contributed by atoms with E-state index in [1.54, 1.807) is 0 Å². The molecule has 0 aliphatic heterocycles. The molecule has 91 valence electrons. The molecule has 2 aromatic rings. The number of hydrogen-bond acceptors (Lipinski definition) is 2. The summed E-state index contributed by atoms with van der Waals surface area (Å²) >= 11 is 0. The zero-order chi connectivity index (χ0) is 13.0. The van der Waals surface area contributed by atoms with Crippen LogP contribution in [0.3, 0.4) is 0 Å². The molecule has 0 fully saturated rings. The van der Waals surface area contributed by atoms with Crippen molar-refractivity contribution >= 4 is 6.47 Å². The highest BCUT2D eigenvalue weighted by Crippen LogP contribution is 2.26. The molecule has 0 heterocycles. The van der Waals surface area contributed by atoms with Crippen LogP contribution in [0.15, 0.2) is 54.6 Å². The number of ether oxygens (including phenoxy) is 1. The Hall–Kier alpha value is -2.09. The van der Waals surface area contributed by atoms with Crippen LogP contribution in [-0.4, -0.2) is 6.47 Å². The Morgan fingerprint density at radius 3 is 2.00 bits per heavy atom. The molecule has 0 aliphatic rings. The summed E-state index contributed by atoms with van der Waals surface area (Å²) in [7, 11) is 0. The van der Waals surface area contributed by atoms with Crippen LogP contribution >= 0.6 is 0 Å². The summed E-state index contributed by atoms with van der Waals surface area (Å²) in [5.74, 6) is 0. The summed E-state index contributed by atoms with van der Waals surface area (Å²) in [5, 5.41) is 0. The average Bonchev–Trinajstić information content (AvgIpc) is 2.40. The van der Waals surface area contributed by atoms with E-state index < -0.39 is 5.60 Å². The maximum Gasteiger partial charge on any atom is 0.418 e. The van der Waals surface area contributed by atoms with Gasteiger partial charge in [0, 0.05) is 0 Å². The van der Waals surface area contributed by atoms with Crippen LogP contribution in [0.25, 0.3) is 11.1 Å². The van der Waals surface area contributed by atoms with Gasteiger partial charge in [-0.25, -0.2) is 4.79 Å². The first-order valence-corrected chi connectivity index (χ1v) is 5.84. The quantitative estimate of drug-likeness (QED) is 0.813. The summed E-state index contributed by atoms with van der Waals surface area (Å²) in [6.45, 7) is 5.19. The summed E-state index contributed by atoms with van der Waals surface area (Å²) in [4.78, 5) is 10.3. The van der Waals surface area contributed by atoms with Crippen LogP contribution in [0.1, 0.15) is 19.4 Å². The van der Waals surface area contributed by atoms with Gasteiger partial charge in [0.25, 0.3) is 0 Å². The molecule has 0 bridgehead atoms. The third-order valence-electron chi connectivity index (χ3n) is 2.98. The zero-order valence-corrected chi connectivity index (χ0v) is 10.5. The highest BCUT2D eigenvalue weighted by atomic mass is 16.5. The van der Waals surface area contributed by atoms with Crippen LogP contribution in [0.2, 0.25) is 0 Å². The second-order valence-electron chi connectivity index (χ2n) is 4.64. The van der Waals surface area contributed by atoms with Gasteiger partial charge in [0.05, 0.1) is 0 Å². The highest BCUT2D eigenvalue weighted by Gasteiger charge is 2.21. The van der Waals surface area contributed by atoms with E-state index in [2.05, 4.69) is 12.1 Å². The standard InChI is InChI=1S/C16H15O2/c1-16(2,18-12-17)15-10-8-14(9-11-15)13-6-4-3-5-7-13/h3-11H,1-2H3. The van der Waals surface area contributed by atoms with Crippen molar-refractivity contribution in [2.45, 2.75) is 19.4 Å². The molecule has 0 N–H and O–H groups in total. The molecule has 2 heteroatoms. The Morgan fingerprint density at radius 1 is 0.889 bits per heavy atom. The predicted molar refractivity (Wildman–Crippen MR) is 71.7 cm³/mol. The molecular weight excluding hydrogens is 224 g/mol. The summed E-state index contributed by atoms with van der Waals surface area (Å²) < 4.78 is 4.96. The van der Waals surface area contributed by atoms with Gasteiger partial charge in [0.15, 0.2) is 0 Å².